The van der Waals surface area contributed by atoms with Crippen LogP contribution < -0.4 is 15.8 Å². The van der Waals surface area contributed by atoms with Crippen LogP contribution in [-0.4, -0.2) is 52.7 Å². The van der Waals surface area contributed by atoms with Crippen molar-refractivity contribution in [2.45, 2.75) is 0 Å². The highest BCUT2D eigenvalue weighted by atomic mass is 16.1. The van der Waals surface area contributed by atoms with E-state index in [4.69, 9.17) is 0 Å². The van der Waals surface area contributed by atoms with Crippen molar-refractivity contribution in [3.63, 3.8) is 0 Å². The van der Waals surface area contributed by atoms with Crippen molar-refractivity contribution < 1.29 is 0 Å². The van der Waals surface area contributed by atoms with Crippen LogP contribution in [0.4, 0.5) is 17.3 Å². The van der Waals surface area contributed by atoms with E-state index in [1.807, 2.05) is 48.5 Å². The van der Waals surface area contributed by atoms with Gasteiger partial charge in [0.05, 0.1) is 10.9 Å². The highest BCUT2D eigenvalue weighted by molar-refractivity contribution is 5.78. The van der Waals surface area contributed by atoms with Crippen LogP contribution in [-0.2, 0) is 0 Å². The minimum atomic E-state index is -0.133. The van der Waals surface area contributed by atoms with Crippen molar-refractivity contribution in [1.82, 2.24) is 19.4 Å². The number of nitrogens with zero attached hydrogens (tertiary/aromatic N) is 5. The van der Waals surface area contributed by atoms with E-state index in [0.29, 0.717) is 16.9 Å². The van der Waals surface area contributed by atoms with Crippen LogP contribution in [0.5, 0.6) is 0 Å². The van der Waals surface area contributed by atoms with Crippen LogP contribution in [0.1, 0.15) is 0 Å². The monoisotopic (exact) mass is 412 g/mol. The number of rotatable bonds is 4. The topological polar surface area (TPSA) is 66.3 Å². The molecule has 2 aromatic heterocycles. The predicted molar refractivity (Wildman–Crippen MR) is 125 cm³/mol. The van der Waals surface area contributed by atoms with Gasteiger partial charge in [-0.25, -0.2) is 9.97 Å². The van der Waals surface area contributed by atoms with Crippen molar-refractivity contribution in [1.29, 1.82) is 0 Å². The molecule has 5 rings (SSSR count). The van der Waals surface area contributed by atoms with E-state index in [1.165, 1.54) is 5.69 Å². The van der Waals surface area contributed by atoms with Crippen LogP contribution in [0.3, 0.4) is 0 Å². The molecule has 1 fully saturated rings. The second kappa shape index (κ2) is 8.20. The molecule has 1 saturated heterocycles. The van der Waals surface area contributed by atoms with Gasteiger partial charge in [-0.3, -0.25) is 9.36 Å². The summed E-state index contributed by atoms with van der Waals surface area (Å²) in [7, 11) is 2.16. The van der Waals surface area contributed by atoms with Crippen molar-refractivity contribution >= 4 is 28.2 Å². The number of pyridine rings is 1. The first kappa shape index (κ1) is 19.3. The maximum atomic E-state index is 12.9. The number of hydrogen-bond acceptors (Lipinski definition) is 6. The molecule has 0 atom stereocenters. The van der Waals surface area contributed by atoms with E-state index < -0.39 is 0 Å². The van der Waals surface area contributed by atoms with Gasteiger partial charge in [-0.15, -0.1) is 0 Å². The highest BCUT2D eigenvalue weighted by Crippen LogP contribution is 2.21. The number of benzene rings is 2. The van der Waals surface area contributed by atoms with E-state index >= 15 is 0 Å². The van der Waals surface area contributed by atoms with Crippen molar-refractivity contribution in [2.75, 3.05) is 43.4 Å². The fraction of sp³-hybridized carbons (Fsp3) is 0.208. The molecule has 3 heterocycles. The molecule has 31 heavy (non-hydrogen) atoms. The SMILES string of the molecule is CN1CCN(c2ccc(Nc3ncc4c(=O)n(-c5ccccc5)ccc4n3)cc2)CC1. The molecule has 0 spiro atoms. The average Bonchev–Trinajstić information content (AvgIpc) is 2.81. The summed E-state index contributed by atoms with van der Waals surface area (Å²) in [6, 6.07) is 19.7. The molecule has 1 aliphatic heterocycles. The van der Waals surface area contributed by atoms with E-state index in [9.17, 15) is 4.79 Å². The quantitative estimate of drug-likeness (QED) is 0.555. The lowest BCUT2D eigenvalue weighted by Crippen LogP contribution is -2.44. The summed E-state index contributed by atoms with van der Waals surface area (Å²) < 4.78 is 1.61. The summed E-state index contributed by atoms with van der Waals surface area (Å²) >= 11 is 0. The molecule has 4 aromatic rings. The fourth-order valence-corrected chi connectivity index (χ4v) is 3.83. The third-order valence-corrected chi connectivity index (χ3v) is 5.68. The summed E-state index contributed by atoms with van der Waals surface area (Å²) in [5.74, 6) is 0.469. The average molecular weight is 412 g/mol. The van der Waals surface area contributed by atoms with Crippen LogP contribution in [0.25, 0.3) is 16.6 Å². The normalized spacial score (nSPS) is 14.7. The summed E-state index contributed by atoms with van der Waals surface area (Å²) in [6.07, 6.45) is 3.34. The zero-order valence-electron chi connectivity index (χ0n) is 17.4. The number of nitrogens with one attached hydrogen (secondary N) is 1. The second-order valence-electron chi connectivity index (χ2n) is 7.78. The number of anilines is 3. The molecule has 0 aliphatic carbocycles. The largest absolute Gasteiger partial charge is 0.369 e. The Hall–Kier alpha value is -3.71. The molecule has 1 N–H and O–H groups in total. The smallest absolute Gasteiger partial charge is 0.266 e. The minimum absolute atomic E-state index is 0.133. The Bertz CT molecular complexity index is 1240. The Morgan fingerprint density at radius 1 is 0.871 bits per heavy atom. The van der Waals surface area contributed by atoms with Gasteiger partial charge in [0.1, 0.15) is 0 Å². The molecule has 0 amide bonds. The molecule has 7 heteroatoms. The lowest BCUT2D eigenvalue weighted by Gasteiger charge is -2.34. The zero-order valence-corrected chi connectivity index (χ0v) is 17.4. The van der Waals surface area contributed by atoms with E-state index in [0.717, 1.165) is 37.6 Å². The van der Waals surface area contributed by atoms with Crippen LogP contribution in [0, 0.1) is 0 Å². The standard InChI is InChI=1S/C24H24N6O/c1-28-13-15-29(16-14-28)19-9-7-18(8-10-19)26-24-25-17-21-22(27-24)11-12-30(23(21)31)20-5-3-2-4-6-20/h2-12,17H,13-16H2,1H3,(H,25,26,27). The van der Waals surface area contributed by atoms with Gasteiger partial charge in [0, 0.05) is 55.6 Å². The van der Waals surface area contributed by atoms with E-state index in [1.54, 1.807) is 17.0 Å². The van der Waals surface area contributed by atoms with Gasteiger partial charge in [-0.05, 0) is 49.5 Å². The predicted octanol–water partition coefficient (Wildman–Crippen LogP) is 3.28. The molecular formula is C24H24N6O. The third kappa shape index (κ3) is 4.00. The minimum Gasteiger partial charge on any atom is -0.369 e. The molecule has 0 radical (unpaired) electrons. The first-order valence-electron chi connectivity index (χ1n) is 10.4. The van der Waals surface area contributed by atoms with Crippen LogP contribution >= 0.6 is 0 Å². The van der Waals surface area contributed by atoms with Crippen LogP contribution in [0.2, 0.25) is 0 Å². The van der Waals surface area contributed by atoms with Gasteiger partial charge in [0.2, 0.25) is 5.95 Å². The van der Waals surface area contributed by atoms with Gasteiger partial charge in [0.15, 0.2) is 0 Å². The molecule has 0 bridgehead atoms. The number of hydrogen-bond donors (Lipinski definition) is 1. The van der Waals surface area contributed by atoms with E-state index in [-0.39, 0.29) is 5.56 Å². The van der Waals surface area contributed by atoms with Gasteiger partial charge in [-0.1, -0.05) is 18.2 Å². The van der Waals surface area contributed by atoms with Gasteiger partial charge >= 0.3 is 0 Å². The molecule has 1 aliphatic rings. The lowest BCUT2D eigenvalue weighted by molar-refractivity contribution is 0.313. The second-order valence-corrected chi connectivity index (χ2v) is 7.78. The maximum Gasteiger partial charge on any atom is 0.266 e. The zero-order chi connectivity index (χ0) is 21.2. The Morgan fingerprint density at radius 3 is 2.35 bits per heavy atom. The summed E-state index contributed by atoms with van der Waals surface area (Å²) in [5.41, 5.74) is 3.43. The van der Waals surface area contributed by atoms with Gasteiger partial charge in [0.25, 0.3) is 5.56 Å². The Labute approximate surface area is 180 Å². The molecule has 156 valence electrons. The Balaban J connectivity index is 1.36. The Kier molecular flexibility index (Phi) is 5.09. The van der Waals surface area contributed by atoms with Crippen LogP contribution in [0.15, 0.2) is 77.9 Å². The molecule has 7 nitrogen and oxygen atoms in total. The molecule has 0 saturated carbocycles. The lowest BCUT2D eigenvalue weighted by atomic mass is 10.2. The number of fused-ring (bicyclic) bond motifs is 1. The number of likely N-dealkylation sites (N-methyl/N-ethyl adjacent to an activating group) is 1. The summed E-state index contributed by atoms with van der Waals surface area (Å²) in [4.78, 5) is 26.5. The summed E-state index contributed by atoms with van der Waals surface area (Å²) in [6.45, 7) is 4.24. The maximum absolute atomic E-state index is 12.9. The number of para-hydroxylation sites is 1. The fourth-order valence-electron chi connectivity index (χ4n) is 3.83. The number of aromatic nitrogens is 3. The number of piperazine rings is 1. The van der Waals surface area contributed by atoms with E-state index in [2.05, 4.69) is 44.3 Å². The van der Waals surface area contributed by atoms with Gasteiger partial charge < -0.3 is 15.1 Å². The van der Waals surface area contributed by atoms with Crippen molar-refractivity contribution in [2.24, 2.45) is 0 Å². The molecule has 0 unspecified atom stereocenters. The van der Waals surface area contributed by atoms with Crippen molar-refractivity contribution in [3.05, 3.63) is 83.4 Å². The first-order chi connectivity index (χ1) is 15.2. The first-order valence-corrected chi connectivity index (χ1v) is 10.4. The van der Waals surface area contributed by atoms with Crippen molar-refractivity contribution in [3.8, 4) is 5.69 Å². The third-order valence-electron chi connectivity index (χ3n) is 5.68. The Morgan fingerprint density at radius 2 is 1.61 bits per heavy atom. The highest BCUT2D eigenvalue weighted by Gasteiger charge is 2.14. The molecular weight excluding hydrogens is 388 g/mol. The summed E-state index contributed by atoms with van der Waals surface area (Å²) in [5, 5.41) is 3.73. The van der Waals surface area contributed by atoms with Gasteiger partial charge in [-0.2, -0.15) is 0 Å². The molecule has 2 aromatic carbocycles.